The molecule has 0 bridgehead atoms. The Morgan fingerprint density at radius 1 is 1.42 bits per heavy atom. The molecule has 2 N–H and O–H groups in total. The lowest BCUT2D eigenvalue weighted by molar-refractivity contribution is -0.134. The maximum Gasteiger partial charge on any atom is 0.261 e. The first-order chi connectivity index (χ1) is 11.3. The first kappa shape index (κ1) is 18.9. The normalized spacial score (nSPS) is 19.3. The average Bonchev–Trinajstić information content (AvgIpc) is 3.02. The zero-order chi connectivity index (χ0) is 17.7. The summed E-state index contributed by atoms with van der Waals surface area (Å²) in [5, 5.41) is 14.6. The lowest BCUT2D eigenvalue weighted by atomic mass is 10.1. The summed E-state index contributed by atoms with van der Waals surface area (Å²) >= 11 is 1.39. The molecule has 0 aromatic carbocycles. The first-order valence-electron chi connectivity index (χ1n) is 8.32. The molecule has 1 aliphatic heterocycles. The van der Waals surface area contributed by atoms with E-state index >= 15 is 0 Å². The van der Waals surface area contributed by atoms with E-state index in [9.17, 15) is 14.7 Å². The predicted molar refractivity (Wildman–Crippen MR) is 95.2 cm³/mol. The molecule has 2 amide bonds. The van der Waals surface area contributed by atoms with Gasteiger partial charge in [-0.25, -0.2) is 0 Å². The molecule has 2 rings (SSSR count). The Labute approximate surface area is 147 Å². The number of nitrogens with one attached hydrogen (secondary N) is 1. The Morgan fingerprint density at radius 2 is 2.17 bits per heavy atom. The largest absolute Gasteiger partial charge is 0.389 e. The van der Waals surface area contributed by atoms with Gasteiger partial charge in [0.1, 0.15) is 0 Å². The van der Waals surface area contributed by atoms with Gasteiger partial charge in [-0.1, -0.05) is 6.07 Å². The zero-order valence-electron chi connectivity index (χ0n) is 14.6. The summed E-state index contributed by atoms with van der Waals surface area (Å²) in [4.78, 5) is 28.9. The molecule has 1 fully saturated rings. The average molecular weight is 353 g/mol. The van der Waals surface area contributed by atoms with Gasteiger partial charge in [-0.15, -0.1) is 11.3 Å². The van der Waals surface area contributed by atoms with Crippen molar-refractivity contribution in [1.82, 2.24) is 15.1 Å². The second kappa shape index (κ2) is 8.09. The molecule has 0 unspecified atom stereocenters. The van der Waals surface area contributed by atoms with E-state index in [-0.39, 0.29) is 17.9 Å². The third-order valence-corrected chi connectivity index (χ3v) is 4.95. The summed E-state index contributed by atoms with van der Waals surface area (Å²) in [5.41, 5.74) is -0.730. The molecule has 1 saturated heterocycles. The minimum Gasteiger partial charge on any atom is -0.389 e. The van der Waals surface area contributed by atoms with Crippen molar-refractivity contribution in [3.8, 4) is 0 Å². The van der Waals surface area contributed by atoms with Gasteiger partial charge in [0.25, 0.3) is 5.91 Å². The number of aliphatic hydroxyl groups is 1. The predicted octanol–water partition coefficient (Wildman–Crippen LogP) is 1.17. The van der Waals surface area contributed by atoms with Gasteiger partial charge in [0.05, 0.1) is 10.5 Å². The summed E-state index contributed by atoms with van der Waals surface area (Å²) in [5.74, 6) is -0.0580. The maximum atomic E-state index is 12.3. The van der Waals surface area contributed by atoms with Crippen molar-refractivity contribution in [3.05, 3.63) is 22.4 Å². The fraction of sp³-hybridized carbons (Fsp3) is 0.647. The van der Waals surface area contributed by atoms with Crippen molar-refractivity contribution in [2.45, 2.75) is 38.8 Å². The van der Waals surface area contributed by atoms with Gasteiger partial charge < -0.3 is 15.3 Å². The van der Waals surface area contributed by atoms with Gasteiger partial charge in [-0.2, -0.15) is 0 Å². The van der Waals surface area contributed by atoms with Gasteiger partial charge in [-0.3, -0.25) is 14.5 Å². The van der Waals surface area contributed by atoms with Crippen LogP contribution in [0.2, 0.25) is 0 Å². The van der Waals surface area contributed by atoms with Crippen LogP contribution in [-0.2, 0) is 4.79 Å². The molecule has 0 saturated carbocycles. The van der Waals surface area contributed by atoms with E-state index in [0.29, 0.717) is 37.5 Å². The number of piperazine rings is 1. The van der Waals surface area contributed by atoms with Crippen molar-refractivity contribution in [2.75, 3.05) is 32.7 Å². The Kier molecular flexibility index (Phi) is 6.37. The van der Waals surface area contributed by atoms with Gasteiger partial charge >= 0.3 is 0 Å². The molecule has 24 heavy (non-hydrogen) atoms. The van der Waals surface area contributed by atoms with Crippen LogP contribution >= 0.6 is 11.3 Å². The standard InChI is InChI=1S/C17H27N3O3S/c1-13-11-19(8-9-20(13)12-17(2,3)23)15(21)6-7-18-16(22)14-5-4-10-24-14/h4-5,10,13,23H,6-9,11-12H2,1-3H3,(H,18,22)/t13-/m0/s1. The van der Waals surface area contributed by atoms with Gasteiger partial charge in [0, 0.05) is 45.2 Å². The van der Waals surface area contributed by atoms with Crippen molar-refractivity contribution in [3.63, 3.8) is 0 Å². The molecular formula is C17H27N3O3S. The molecule has 1 aliphatic rings. The highest BCUT2D eigenvalue weighted by molar-refractivity contribution is 7.12. The van der Waals surface area contributed by atoms with Crippen LogP contribution < -0.4 is 5.32 Å². The van der Waals surface area contributed by atoms with Gasteiger partial charge in [-0.05, 0) is 32.2 Å². The van der Waals surface area contributed by atoms with E-state index < -0.39 is 5.60 Å². The van der Waals surface area contributed by atoms with Crippen LogP contribution in [0.4, 0.5) is 0 Å². The van der Waals surface area contributed by atoms with E-state index in [1.807, 2.05) is 16.3 Å². The third-order valence-electron chi connectivity index (χ3n) is 4.08. The molecule has 0 aliphatic carbocycles. The molecule has 0 spiro atoms. The number of rotatable bonds is 6. The van der Waals surface area contributed by atoms with Gasteiger partial charge in [0.2, 0.25) is 5.91 Å². The Balaban J connectivity index is 1.73. The fourth-order valence-electron chi connectivity index (χ4n) is 2.89. The van der Waals surface area contributed by atoms with Crippen LogP contribution in [0.3, 0.4) is 0 Å². The number of β-amino-alcohol motifs (C(OH)–C–C–N with tert-alkyl or cyclic N) is 1. The SMILES string of the molecule is C[C@H]1CN(C(=O)CCNC(=O)c2cccs2)CCN1CC(C)(C)O. The molecule has 6 nitrogen and oxygen atoms in total. The zero-order valence-corrected chi connectivity index (χ0v) is 15.4. The monoisotopic (exact) mass is 353 g/mol. The highest BCUT2D eigenvalue weighted by atomic mass is 32.1. The molecule has 1 aromatic heterocycles. The highest BCUT2D eigenvalue weighted by Gasteiger charge is 2.29. The number of amides is 2. The molecule has 0 radical (unpaired) electrons. The molecule has 1 aromatic rings. The van der Waals surface area contributed by atoms with Crippen LogP contribution in [0.15, 0.2) is 17.5 Å². The van der Waals surface area contributed by atoms with E-state index in [1.54, 1.807) is 19.9 Å². The number of nitrogens with zero attached hydrogens (tertiary/aromatic N) is 2. The van der Waals surface area contributed by atoms with E-state index in [2.05, 4.69) is 17.1 Å². The Bertz CT molecular complexity index is 554. The number of hydrogen-bond donors (Lipinski definition) is 2. The Morgan fingerprint density at radius 3 is 2.75 bits per heavy atom. The lowest BCUT2D eigenvalue weighted by Gasteiger charge is -2.42. The van der Waals surface area contributed by atoms with E-state index in [0.717, 1.165) is 6.54 Å². The Hall–Kier alpha value is -1.44. The van der Waals surface area contributed by atoms with Gasteiger partial charge in [0.15, 0.2) is 0 Å². The minimum atomic E-state index is -0.730. The highest BCUT2D eigenvalue weighted by Crippen LogP contribution is 2.14. The number of carbonyl (C=O) groups is 2. The fourth-order valence-corrected chi connectivity index (χ4v) is 3.53. The molecular weight excluding hydrogens is 326 g/mol. The lowest BCUT2D eigenvalue weighted by Crippen LogP contribution is -2.56. The van der Waals surface area contributed by atoms with Crippen molar-refractivity contribution < 1.29 is 14.7 Å². The van der Waals surface area contributed by atoms with Crippen LogP contribution in [-0.4, -0.2) is 71.1 Å². The summed E-state index contributed by atoms with van der Waals surface area (Å²) in [7, 11) is 0. The first-order valence-corrected chi connectivity index (χ1v) is 9.20. The third kappa shape index (κ3) is 5.58. The van der Waals surface area contributed by atoms with Crippen LogP contribution in [0, 0.1) is 0 Å². The number of hydrogen-bond acceptors (Lipinski definition) is 5. The molecule has 1 atom stereocenters. The minimum absolute atomic E-state index is 0.0660. The quantitative estimate of drug-likeness (QED) is 0.805. The van der Waals surface area contributed by atoms with E-state index in [4.69, 9.17) is 0 Å². The van der Waals surface area contributed by atoms with Crippen LogP contribution in [0.1, 0.15) is 36.9 Å². The van der Waals surface area contributed by atoms with E-state index in [1.165, 1.54) is 11.3 Å². The van der Waals surface area contributed by atoms with Crippen molar-refractivity contribution in [1.29, 1.82) is 0 Å². The number of carbonyl (C=O) groups excluding carboxylic acids is 2. The second-order valence-corrected chi connectivity index (χ2v) is 7.90. The second-order valence-electron chi connectivity index (χ2n) is 6.95. The molecule has 2 heterocycles. The van der Waals surface area contributed by atoms with Crippen molar-refractivity contribution in [2.24, 2.45) is 0 Å². The van der Waals surface area contributed by atoms with Crippen LogP contribution in [0.25, 0.3) is 0 Å². The smallest absolute Gasteiger partial charge is 0.261 e. The summed E-state index contributed by atoms with van der Waals surface area (Å²) in [6.07, 6.45) is 0.315. The van der Waals surface area contributed by atoms with Crippen molar-refractivity contribution >= 4 is 23.2 Å². The molecule has 7 heteroatoms. The topological polar surface area (TPSA) is 72.9 Å². The molecule has 134 valence electrons. The number of thiophene rings is 1. The maximum absolute atomic E-state index is 12.3. The summed E-state index contributed by atoms with van der Waals surface area (Å²) in [6.45, 7) is 8.72. The summed E-state index contributed by atoms with van der Waals surface area (Å²) < 4.78 is 0. The summed E-state index contributed by atoms with van der Waals surface area (Å²) in [6, 6.07) is 3.82. The van der Waals surface area contributed by atoms with Crippen LogP contribution in [0.5, 0.6) is 0 Å².